The van der Waals surface area contributed by atoms with Crippen LogP contribution in [-0.2, 0) is 32.6 Å². The summed E-state index contributed by atoms with van der Waals surface area (Å²) in [5.74, 6) is -0.103. The Morgan fingerprint density at radius 3 is 2.29 bits per heavy atom. The van der Waals surface area contributed by atoms with Crippen LogP contribution in [0.4, 0.5) is 5.69 Å². The van der Waals surface area contributed by atoms with Crippen molar-refractivity contribution in [1.29, 1.82) is 0 Å². The van der Waals surface area contributed by atoms with E-state index in [2.05, 4.69) is 5.32 Å². The van der Waals surface area contributed by atoms with E-state index >= 15 is 0 Å². The summed E-state index contributed by atoms with van der Waals surface area (Å²) < 4.78 is 32.0. The average molecular weight is 600 g/mol. The molecule has 3 aromatic rings. The molecule has 2 amide bonds. The van der Waals surface area contributed by atoms with Crippen molar-refractivity contribution < 1.29 is 22.7 Å². The molecule has 0 saturated carbocycles. The zero-order valence-electron chi connectivity index (χ0n) is 23.8. The van der Waals surface area contributed by atoms with Crippen molar-refractivity contribution in [1.82, 2.24) is 10.2 Å². The number of nitrogens with one attached hydrogen (secondary N) is 1. The first-order chi connectivity index (χ1) is 19.7. The number of rotatable bonds is 15. The molecule has 0 fully saturated rings. The second kappa shape index (κ2) is 15.4. The second-order valence-corrected chi connectivity index (χ2v) is 12.0. The number of benzene rings is 3. The van der Waals surface area contributed by atoms with Crippen molar-refractivity contribution >= 4 is 39.1 Å². The summed E-state index contributed by atoms with van der Waals surface area (Å²) in [4.78, 5) is 28.9. The molecule has 0 bridgehead atoms. The Morgan fingerprint density at radius 2 is 1.63 bits per heavy atom. The van der Waals surface area contributed by atoms with Gasteiger partial charge in [0.15, 0.2) is 0 Å². The van der Waals surface area contributed by atoms with Crippen LogP contribution in [0.2, 0.25) is 5.02 Å². The molecule has 0 heterocycles. The van der Waals surface area contributed by atoms with E-state index in [1.807, 2.05) is 55.5 Å². The third kappa shape index (κ3) is 9.23. The van der Waals surface area contributed by atoms with E-state index in [1.54, 1.807) is 35.2 Å². The van der Waals surface area contributed by atoms with Crippen molar-refractivity contribution in [2.45, 2.75) is 45.2 Å². The van der Waals surface area contributed by atoms with Crippen LogP contribution in [0.5, 0.6) is 5.75 Å². The first-order valence-electron chi connectivity index (χ1n) is 13.6. The molecule has 10 heteroatoms. The zero-order chi connectivity index (χ0) is 29.8. The molecule has 0 aliphatic carbocycles. The molecule has 3 rings (SSSR count). The van der Waals surface area contributed by atoms with Gasteiger partial charge in [0.2, 0.25) is 21.8 Å². The predicted molar refractivity (Wildman–Crippen MR) is 164 cm³/mol. The predicted octanol–water partition coefficient (Wildman–Crippen LogP) is 5.06. The summed E-state index contributed by atoms with van der Waals surface area (Å²) in [6.45, 7) is 2.66. The number of hydrogen-bond donors (Lipinski definition) is 1. The lowest BCUT2D eigenvalue weighted by atomic mass is 10.0. The number of anilines is 1. The Kier molecular flexibility index (Phi) is 12.0. The molecular formula is C31H38ClN3O5S. The number of carbonyl (C=O) groups is 2. The van der Waals surface area contributed by atoms with Crippen LogP contribution in [0.3, 0.4) is 0 Å². The standard InChI is InChI=1S/C31H38ClN3O5S/c1-4-20-33-31(37)28(22-24-13-6-5-7-14-24)34(23-25-15-8-9-16-26(25)32)30(36)19-12-21-35(41(3,38)39)27-17-10-11-18-29(27)40-2/h5-11,13-18,28H,4,12,19-23H2,1-3H3,(H,33,37). The molecule has 0 aliphatic rings. The summed E-state index contributed by atoms with van der Waals surface area (Å²) in [5.41, 5.74) is 2.04. The summed E-state index contributed by atoms with van der Waals surface area (Å²) >= 11 is 6.47. The Balaban J connectivity index is 1.89. The third-order valence-electron chi connectivity index (χ3n) is 6.62. The van der Waals surface area contributed by atoms with Crippen molar-refractivity contribution in [2.75, 3.05) is 30.8 Å². The fourth-order valence-electron chi connectivity index (χ4n) is 4.55. The highest BCUT2D eigenvalue weighted by Crippen LogP contribution is 2.30. The van der Waals surface area contributed by atoms with E-state index < -0.39 is 16.1 Å². The van der Waals surface area contributed by atoms with Crippen LogP contribution in [0.15, 0.2) is 78.9 Å². The molecule has 8 nitrogen and oxygen atoms in total. The molecular weight excluding hydrogens is 562 g/mol. The lowest BCUT2D eigenvalue weighted by Gasteiger charge is -2.32. The number of para-hydroxylation sites is 2. The van der Waals surface area contributed by atoms with Crippen molar-refractivity contribution in [3.63, 3.8) is 0 Å². The van der Waals surface area contributed by atoms with Crippen LogP contribution in [0, 0.1) is 0 Å². The Labute approximate surface area is 248 Å². The van der Waals surface area contributed by atoms with E-state index in [4.69, 9.17) is 16.3 Å². The van der Waals surface area contributed by atoms with E-state index in [9.17, 15) is 18.0 Å². The van der Waals surface area contributed by atoms with Gasteiger partial charge in [0, 0.05) is 37.5 Å². The highest BCUT2D eigenvalue weighted by molar-refractivity contribution is 7.92. The van der Waals surface area contributed by atoms with Gasteiger partial charge >= 0.3 is 0 Å². The summed E-state index contributed by atoms with van der Waals surface area (Å²) in [5, 5.41) is 3.45. The fourth-order valence-corrected chi connectivity index (χ4v) is 5.71. The molecule has 0 aromatic heterocycles. The van der Waals surface area contributed by atoms with Crippen LogP contribution in [-0.4, -0.2) is 57.6 Å². The summed E-state index contributed by atoms with van der Waals surface area (Å²) in [7, 11) is -2.18. The minimum atomic E-state index is -3.66. The Bertz CT molecular complexity index is 1400. The van der Waals surface area contributed by atoms with Crippen LogP contribution < -0.4 is 14.4 Å². The third-order valence-corrected chi connectivity index (χ3v) is 8.17. The molecule has 1 unspecified atom stereocenters. The molecule has 1 N–H and O–H groups in total. The first kappa shape index (κ1) is 32.0. The monoisotopic (exact) mass is 599 g/mol. The fraction of sp³-hybridized carbons (Fsp3) is 0.355. The van der Waals surface area contributed by atoms with E-state index in [0.717, 1.165) is 23.8 Å². The van der Waals surface area contributed by atoms with Gasteiger partial charge in [0.05, 0.1) is 19.1 Å². The van der Waals surface area contributed by atoms with Gasteiger partial charge < -0.3 is 15.0 Å². The van der Waals surface area contributed by atoms with Gasteiger partial charge in [0.1, 0.15) is 11.8 Å². The number of hydrogen-bond acceptors (Lipinski definition) is 5. The van der Waals surface area contributed by atoms with Gasteiger partial charge in [-0.2, -0.15) is 0 Å². The van der Waals surface area contributed by atoms with Crippen LogP contribution in [0.1, 0.15) is 37.3 Å². The SMILES string of the molecule is CCCNC(=O)C(Cc1ccccc1)N(Cc1ccccc1Cl)C(=O)CCCN(c1ccccc1OC)S(C)(=O)=O. The maximum Gasteiger partial charge on any atom is 0.243 e. The lowest BCUT2D eigenvalue weighted by Crippen LogP contribution is -2.50. The highest BCUT2D eigenvalue weighted by Gasteiger charge is 2.31. The number of amides is 2. The smallest absolute Gasteiger partial charge is 0.243 e. The topological polar surface area (TPSA) is 96.0 Å². The highest BCUT2D eigenvalue weighted by atomic mass is 35.5. The number of carbonyl (C=O) groups excluding carboxylic acids is 2. The molecule has 41 heavy (non-hydrogen) atoms. The molecule has 1 atom stereocenters. The summed E-state index contributed by atoms with van der Waals surface area (Å²) in [6.07, 6.45) is 2.46. The van der Waals surface area contributed by atoms with Crippen LogP contribution >= 0.6 is 11.6 Å². The quantitative estimate of drug-likeness (QED) is 0.263. The molecule has 0 saturated heterocycles. The second-order valence-electron chi connectivity index (χ2n) is 9.72. The van der Waals surface area contributed by atoms with E-state index in [0.29, 0.717) is 29.4 Å². The van der Waals surface area contributed by atoms with Gasteiger partial charge in [-0.05, 0) is 42.2 Å². The number of halogens is 1. The maximum absolute atomic E-state index is 13.9. The van der Waals surface area contributed by atoms with Gasteiger partial charge in [-0.25, -0.2) is 8.42 Å². The van der Waals surface area contributed by atoms with Crippen LogP contribution in [0.25, 0.3) is 0 Å². The van der Waals surface area contributed by atoms with E-state index in [1.165, 1.54) is 11.4 Å². The molecule has 0 spiro atoms. The Morgan fingerprint density at radius 1 is 0.976 bits per heavy atom. The van der Waals surface area contributed by atoms with Crippen molar-refractivity contribution in [2.24, 2.45) is 0 Å². The van der Waals surface area contributed by atoms with Gasteiger partial charge in [-0.3, -0.25) is 13.9 Å². The normalized spacial score (nSPS) is 11.9. The average Bonchev–Trinajstić information content (AvgIpc) is 2.96. The minimum absolute atomic E-state index is 0.0258. The number of methoxy groups -OCH3 is 1. The molecule has 3 aromatic carbocycles. The largest absolute Gasteiger partial charge is 0.495 e. The lowest BCUT2D eigenvalue weighted by molar-refractivity contribution is -0.141. The number of sulfonamides is 1. The Hall–Kier alpha value is -3.56. The molecule has 220 valence electrons. The summed E-state index contributed by atoms with van der Waals surface area (Å²) in [6, 6.07) is 22.8. The van der Waals surface area contributed by atoms with Gasteiger partial charge in [-0.1, -0.05) is 79.2 Å². The minimum Gasteiger partial charge on any atom is -0.495 e. The first-order valence-corrected chi connectivity index (χ1v) is 15.8. The van der Waals surface area contributed by atoms with Crippen molar-refractivity contribution in [3.8, 4) is 5.75 Å². The maximum atomic E-state index is 13.9. The molecule has 0 aliphatic heterocycles. The van der Waals surface area contributed by atoms with Gasteiger partial charge in [-0.15, -0.1) is 0 Å². The zero-order valence-corrected chi connectivity index (χ0v) is 25.3. The van der Waals surface area contributed by atoms with E-state index in [-0.39, 0.29) is 37.7 Å². The molecule has 0 radical (unpaired) electrons. The number of ether oxygens (including phenoxy) is 1. The number of nitrogens with zero attached hydrogens (tertiary/aromatic N) is 2. The van der Waals surface area contributed by atoms with Gasteiger partial charge in [0.25, 0.3) is 0 Å². The van der Waals surface area contributed by atoms with Crippen molar-refractivity contribution in [3.05, 3.63) is 95.0 Å².